The van der Waals surface area contributed by atoms with E-state index in [1.54, 1.807) is 6.92 Å². The van der Waals surface area contributed by atoms with Gasteiger partial charge in [-0.05, 0) is 31.9 Å². The van der Waals surface area contributed by atoms with Crippen molar-refractivity contribution in [3.05, 3.63) is 28.2 Å². The fourth-order valence-corrected chi connectivity index (χ4v) is 2.81. The molecule has 1 heterocycles. The number of hydrogen-bond donors (Lipinski definition) is 1. The van der Waals surface area contributed by atoms with E-state index >= 15 is 0 Å². The number of nitrogens with one attached hydrogen (secondary N) is 1. The Bertz CT molecular complexity index is 464. The van der Waals surface area contributed by atoms with E-state index in [0.29, 0.717) is 6.61 Å². The van der Waals surface area contributed by atoms with Gasteiger partial charge in [0.2, 0.25) is 0 Å². The number of rotatable bonds is 3. The zero-order chi connectivity index (χ0) is 14.8. The first-order valence-corrected chi connectivity index (χ1v) is 7.39. The second-order valence-corrected chi connectivity index (χ2v) is 6.03. The Hall–Kier alpha value is -0.750. The monoisotopic (exact) mass is 351 g/mol. The van der Waals surface area contributed by atoms with Gasteiger partial charge in [-0.15, -0.1) is 0 Å². The van der Waals surface area contributed by atoms with Gasteiger partial charge in [-0.2, -0.15) is 13.2 Å². The van der Waals surface area contributed by atoms with Gasteiger partial charge in [-0.25, -0.2) is 0 Å². The lowest BCUT2D eigenvalue weighted by Crippen LogP contribution is -2.34. The smallest absolute Gasteiger partial charge is 0.390 e. The maximum Gasteiger partial charge on any atom is 0.390 e. The lowest BCUT2D eigenvalue weighted by molar-refractivity contribution is -0.139. The highest BCUT2D eigenvalue weighted by Gasteiger charge is 2.31. The first-order chi connectivity index (χ1) is 9.35. The van der Waals surface area contributed by atoms with Gasteiger partial charge in [0.1, 0.15) is 5.75 Å². The van der Waals surface area contributed by atoms with Crippen molar-refractivity contribution in [1.29, 1.82) is 0 Å². The highest BCUT2D eigenvalue weighted by atomic mass is 79.9. The van der Waals surface area contributed by atoms with Crippen LogP contribution in [-0.4, -0.2) is 18.8 Å². The molecule has 1 aromatic rings. The normalized spacial score (nSPS) is 20.8. The van der Waals surface area contributed by atoms with Crippen LogP contribution in [0.3, 0.4) is 0 Å². The van der Waals surface area contributed by atoms with E-state index in [4.69, 9.17) is 4.74 Å². The van der Waals surface area contributed by atoms with Crippen molar-refractivity contribution in [2.45, 2.75) is 44.4 Å². The highest BCUT2D eigenvalue weighted by Crippen LogP contribution is 2.34. The predicted molar refractivity (Wildman–Crippen MR) is 74.9 cm³/mol. The van der Waals surface area contributed by atoms with Gasteiger partial charge in [0.25, 0.3) is 0 Å². The van der Waals surface area contributed by atoms with Crippen molar-refractivity contribution in [2.75, 3.05) is 6.61 Å². The lowest BCUT2D eigenvalue weighted by Gasteiger charge is -2.24. The fraction of sp³-hybridized carbons (Fsp3) is 0.571. The van der Waals surface area contributed by atoms with E-state index in [1.165, 1.54) is 0 Å². The topological polar surface area (TPSA) is 21.3 Å². The molecular weight excluding hydrogens is 335 g/mol. The molecule has 2 nitrogen and oxygen atoms in total. The van der Waals surface area contributed by atoms with Crippen LogP contribution in [0.15, 0.2) is 22.7 Å². The van der Waals surface area contributed by atoms with E-state index in [1.807, 2.05) is 18.2 Å². The quantitative estimate of drug-likeness (QED) is 0.859. The Kier molecular flexibility index (Phi) is 4.96. The fourth-order valence-electron chi connectivity index (χ4n) is 2.47. The number of hydrogen-bond acceptors (Lipinski definition) is 2. The van der Waals surface area contributed by atoms with Crippen LogP contribution >= 0.6 is 15.9 Å². The SMILES string of the molecule is CC(CC(F)(F)F)NC1CCCOc2cc(Br)ccc21. The molecule has 112 valence electrons. The second kappa shape index (κ2) is 6.35. The zero-order valence-electron chi connectivity index (χ0n) is 11.1. The molecule has 2 atom stereocenters. The average molecular weight is 352 g/mol. The Morgan fingerprint density at radius 3 is 2.90 bits per heavy atom. The average Bonchev–Trinajstić information content (AvgIpc) is 2.49. The molecule has 6 heteroatoms. The Balaban J connectivity index is 2.12. The summed E-state index contributed by atoms with van der Waals surface area (Å²) in [6.07, 6.45) is -3.37. The van der Waals surface area contributed by atoms with E-state index in [0.717, 1.165) is 28.6 Å². The molecule has 0 bridgehead atoms. The van der Waals surface area contributed by atoms with E-state index in [9.17, 15) is 13.2 Å². The van der Waals surface area contributed by atoms with Gasteiger partial charge in [-0.3, -0.25) is 0 Å². The first-order valence-electron chi connectivity index (χ1n) is 6.60. The van der Waals surface area contributed by atoms with Gasteiger partial charge in [0.15, 0.2) is 0 Å². The van der Waals surface area contributed by atoms with Crippen LogP contribution in [-0.2, 0) is 0 Å². The summed E-state index contributed by atoms with van der Waals surface area (Å²) in [4.78, 5) is 0. The highest BCUT2D eigenvalue weighted by molar-refractivity contribution is 9.10. The molecule has 2 rings (SSSR count). The van der Waals surface area contributed by atoms with Crippen LogP contribution in [0.2, 0.25) is 0 Å². The summed E-state index contributed by atoms with van der Waals surface area (Å²) < 4.78 is 43.8. The summed E-state index contributed by atoms with van der Waals surface area (Å²) in [6.45, 7) is 2.16. The third kappa shape index (κ3) is 4.38. The molecule has 20 heavy (non-hydrogen) atoms. The molecule has 1 aliphatic heterocycles. The molecule has 0 aromatic heterocycles. The molecule has 0 amide bonds. The number of benzene rings is 1. The lowest BCUT2D eigenvalue weighted by atomic mass is 10.0. The Morgan fingerprint density at radius 2 is 2.20 bits per heavy atom. The third-order valence-electron chi connectivity index (χ3n) is 3.27. The summed E-state index contributed by atoms with van der Waals surface area (Å²) >= 11 is 3.38. The third-order valence-corrected chi connectivity index (χ3v) is 3.76. The van der Waals surface area contributed by atoms with Gasteiger partial charge >= 0.3 is 6.18 Å². The Labute approximate surface area is 124 Å². The molecule has 2 unspecified atom stereocenters. The number of alkyl halides is 3. The summed E-state index contributed by atoms with van der Waals surface area (Å²) in [6, 6.07) is 4.94. The second-order valence-electron chi connectivity index (χ2n) is 5.11. The van der Waals surface area contributed by atoms with Gasteiger partial charge < -0.3 is 10.1 Å². The molecule has 0 spiro atoms. The minimum Gasteiger partial charge on any atom is -0.493 e. The van der Waals surface area contributed by atoms with Crippen molar-refractivity contribution in [3.8, 4) is 5.75 Å². The zero-order valence-corrected chi connectivity index (χ0v) is 12.7. The summed E-state index contributed by atoms with van der Waals surface area (Å²) in [5.41, 5.74) is 0.930. The van der Waals surface area contributed by atoms with Gasteiger partial charge in [-0.1, -0.05) is 22.0 Å². The van der Waals surface area contributed by atoms with E-state index < -0.39 is 18.6 Å². The van der Waals surface area contributed by atoms with Crippen LogP contribution in [0.4, 0.5) is 13.2 Å². The van der Waals surface area contributed by atoms with Crippen LogP contribution in [0.25, 0.3) is 0 Å². The Morgan fingerprint density at radius 1 is 1.45 bits per heavy atom. The molecule has 0 saturated carbocycles. The van der Waals surface area contributed by atoms with Crippen molar-refractivity contribution in [3.63, 3.8) is 0 Å². The van der Waals surface area contributed by atoms with Gasteiger partial charge in [0.05, 0.1) is 13.0 Å². The molecule has 1 aliphatic rings. The van der Waals surface area contributed by atoms with Gasteiger partial charge in [0, 0.05) is 22.1 Å². The molecular formula is C14H17BrF3NO. The van der Waals surface area contributed by atoms with E-state index in [2.05, 4.69) is 21.2 Å². The number of fused-ring (bicyclic) bond motifs is 1. The molecule has 1 N–H and O–H groups in total. The minimum atomic E-state index is -4.14. The maximum atomic E-state index is 12.4. The minimum absolute atomic E-state index is 0.0991. The molecule has 0 saturated heterocycles. The standard InChI is InChI=1S/C14H17BrF3NO/c1-9(8-14(16,17)18)19-12-3-2-6-20-13-7-10(15)4-5-11(12)13/h4-5,7,9,12,19H,2-3,6,8H2,1H3. The molecule has 0 fully saturated rings. The number of ether oxygens (including phenoxy) is 1. The molecule has 1 aromatic carbocycles. The molecule has 0 radical (unpaired) electrons. The summed E-state index contributed by atoms with van der Waals surface area (Å²) in [5, 5.41) is 3.08. The van der Waals surface area contributed by atoms with Crippen LogP contribution in [0, 0.1) is 0 Å². The van der Waals surface area contributed by atoms with Crippen molar-refractivity contribution >= 4 is 15.9 Å². The van der Waals surface area contributed by atoms with Crippen LogP contribution in [0.1, 0.15) is 37.8 Å². The summed E-state index contributed by atoms with van der Waals surface area (Å²) in [5.74, 6) is 0.744. The van der Waals surface area contributed by atoms with Crippen LogP contribution in [0.5, 0.6) is 5.75 Å². The van der Waals surface area contributed by atoms with Crippen LogP contribution < -0.4 is 10.1 Å². The predicted octanol–water partition coefficient (Wildman–Crippen LogP) is 4.59. The largest absolute Gasteiger partial charge is 0.493 e. The van der Waals surface area contributed by atoms with E-state index in [-0.39, 0.29) is 6.04 Å². The molecule has 0 aliphatic carbocycles. The van der Waals surface area contributed by atoms with Crippen molar-refractivity contribution < 1.29 is 17.9 Å². The van der Waals surface area contributed by atoms with Crippen molar-refractivity contribution in [2.24, 2.45) is 0 Å². The number of halogens is 4. The maximum absolute atomic E-state index is 12.4. The van der Waals surface area contributed by atoms with Crippen molar-refractivity contribution in [1.82, 2.24) is 5.32 Å². The first kappa shape index (κ1) is 15.6. The summed E-state index contributed by atoms with van der Waals surface area (Å²) in [7, 11) is 0.